The fourth-order valence-corrected chi connectivity index (χ4v) is 8.68. The molecule has 18 heteroatoms. The largest absolute Gasteiger partial charge is 0.507 e. The van der Waals surface area contributed by atoms with Crippen molar-refractivity contribution in [3.05, 3.63) is 98.5 Å². The number of Topliss-reactive ketones (excluding diaryl/α,β-unsaturated/α-hetero) is 3. The molecule has 3 aliphatic carbocycles. The van der Waals surface area contributed by atoms with Crippen molar-refractivity contribution in [2.24, 2.45) is 0 Å². The third-order valence-electron chi connectivity index (χ3n) is 11.5. The average Bonchev–Trinajstić information content (AvgIpc) is 3.17. The van der Waals surface area contributed by atoms with Crippen molar-refractivity contribution in [2.75, 3.05) is 21.3 Å². The first-order chi connectivity index (χ1) is 27.1. The van der Waals surface area contributed by atoms with E-state index < -0.39 is 129 Å². The average molecular weight is 824 g/mol. The van der Waals surface area contributed by atoms with Crippen molar-refractivity contribution in [2.45, 2.75) is 81.2 Å². The van der Waals surface area contributed by atoms with Crippen LogP contribution in [0, 0.1) is 6.92 Å². The number of benzene rings is 2. The minimum atomic E-state index is -3.19. The van der Waals surface area contributed by atoms with Crippen LogP contribution in [0.3, 0.4) is 0 Å². The van der Waals surface area contributed by atoms with Crippen LogP contribution in [0.1, 0.15) is 76.2 Å². The van der Waals surface area contributed by atoms with Gasteiger partial charge in [0.2, 0.25) is 23.3 Å². The monoisotopic (exact) mass is 823 g/mol. The van der Waals surface area contributed by atoms with Gasteiger partial charge in [0.25, 0.3) is 0 Å². The molecule has 308 valence electrons. The number of amides is 1. The van der Waals surface area contributed by atoms with Crippen LogP contribution < -0.4 is 10.6 Å². The minimum Gasteiger partial charge on any atom is -0.507 e. The number of aromatic hydroxyl groups is 2. The lowest BCUT2D eigenvalue weighted by Crippen LogP contribution is -2.73. The Hall–Kier alpha value is -5.11. The van der Waals surface area contributed by atoms with Crippen molar-refractivity contribution in [3.63, 3.8) is 0 Å². The van der Waals surface area contributed by atoms with Gasteiger partial charge in [0, 0.05) is 75.0 Å². The second-order valence-corrected chi connectivity index (χ2v) is 14.5. The standard InChI is InChI=1S/C40H41N3O14.ClH/c1-16-9-19-10-25(45)40(56-5)37(52)28-22(36(51)39(40,53)29(19)31(48)20(16)12-26(46)42-15-18-7-6-8-41-14-18)11-21-27(32(28)49)24(44)13-23(30(21)47)43-38-35(55-4)33(50)34(54-3)17(2)57-38;/h6-9,11,13-14,17,25,33-35,38,43,45,48-50,53H,10,12,15H2,1-5H3,(H,42,46);1H/t17-,25+,33+,34-,35+,38?,39-,40+;/m0./s1. The van der Waals surface area contributed by atoms with Crippen LogP contribution in [0.5, 0.6) is 11.5 Å². The molecule has 8 atom stereocenters. The zero-order chi connectivity index (χ0) is 41.3. The maximum absolute atomic E-state index is 14.9. The first-order valence-electron chi connectivity index (χ1n) is 18.0. The van der Waals surface area contributed by atoms with Crippen molar-refractivity contribution < 1.29 is 68.5 Å². The van der Waals surface area contributed by atoms with E-state index in [4.69, 9.17) is 18.9 Å². The molecule has 1 unspecified atom stereocenters. The first kappa shape index (κ1) is 42.5. The highest BCUT2D eigenvalue weighted by Crippen LogP contribution is 2.56. The Balaban J connectivity index is 0.00000567. The highest BCUT2D eigenvalue weighted by Gasteiger charge is 2.72. The Morgan fingerprint density at radius 1 is 1.00 bits per heavy atom. The van der Waals surface area contributed by atoms with Gasteiger partial charge in [0.1, 0.15) is 29.8 Å². The number of pyridine rings is 1. The summed E-state index contributed by atoms with van der Waals surface area (Å²) in [5.74, 6) is -6.87. The van der Waals surface area contributed by atoms with Crippen LogP contribution in [0.25, 0.3) is 0 Å². The number of rotatable bonds is 9. The van der Waals surface area contributed by atoms with Crippen molar-refractivity contribution in [1.82, 2.24) is 15.6 Å². The van der Waals surface area contributed by atoms with Crippen molar-refractivity contribution >= 4 is 41.4 Å². The smallest absolute Gasteiger partial charge is 0.224 e. The summed E-state index contributed by atoms with van der Waals surface area (Å²) in [5, 5.41) is 64.1. The zero-order valence-electron chi connectivity index (χ0n) is 31.9. The summed E-state index contributed by atoms with van der Waals surface area (Å²) in [7, 11) is 3.62. The second kappa shape index (κ2) is 15.6. The van der Waals surface area contributed by atoms with E-state index >= 15 is 0 Å². The van der Waals surface area contributed by atoms with Crippen LogP contribution in [0.15, 0.2) is 48.4 Å². The van der Waals surface area contributed by atoms with Gasteiger partial charge in [-0.05, 0) is 42.7 Å². The number of hydrogen-bond donors (Lipinski definition) is 7. The van der Waals surface area contributed by atoms with E-state index in [1.165, 1.54) is 20.3 Å². The number of aryl methyl sites for hydroxylation is 1. The highest BCUT2D eigenvalue weighted by molar-refractivity contribution is 6.30. The molecule has 1 fully saturated rings. The SMILES string of the molecule is CO[C@@H]1[C@@H](O)[C@@H](OC)C(NC2=CC(=O)c3c(cc4c(c3O)C(=O)[C@]3(OC)[C@H](O)Cc5cc(C)c(CC(=O)NCc6cccnc6)c(O)c5[C@]3(O)C4=O)C2=O)O[C@H]1C.Cl. The molecule has 1 amide bonds. The van der Waals surface area contributed by atoms with Crippen LogP contribution in [0.4, 0.5) is 0 Å². The lowest BCUT2D eigenvalue weighted by molar-refractivity contribution is -0.236. The summed E-state index contributed by atoms with van der Waals surface area (Å²) in [5.41, 5.74) is -8.47. The molecule has 0 bridgehead atoms. The number of ether oxygens (including phenoxy) is 4. The number of nitrogens with one attached hydrogen (secondary N) is 2. The molecule has 2 aromatic carbocycles. The predicted octanol–water partition coefficient (Wildman–Crippen LogP) is 0.639. The van der Waals surface area contributed by atoms with Crippen LogP contribution in [-0.2, 0) is 48.7 Å². The molecular formula is C40H42ClN3O14. The molecule has 1 aromatic heterocycles. The number of methoxy groups -OCH3 is 3. The van der Waals surface area contributed by atoms with Crippen LogP contribution in [0.2, 0.25) is 0 Å². The maximum Gasteiger partial charge on any atom is 0.224 e. The zero-order valence-corrected chi connectivity index (χ0v) is 32.7. The molecule has 58 heavy (non-hydrogen) atoms. The number of nitrogens with zero attached hydrogens (tertiary/aromatic N) is 1. The van der Waals surface area contributed by atoms with Gasteiger partial charge in [-0.3, -0.25) is 29.0 Å². The van der Waals surface area contributed by atoms with E-state index in [1.807, 2.05) is 0 Å². The molecule has 0 saturated carbocycles. The Morgan fingerprint density at radius 3 is 2.34 bits per heavy atom. The fraction of sp³-hybridized carbons (Fsp3) is 0.400. The molecule has 7 N–H and O–H groups in total. The molecule has 7 rings (SSSR count). The normalized spacial score (nSPS) is 28.7. The van der Waals surface area contributed by atoms with Gasteiger partial charge in [0.15, 0.2) is 23.2 Å². The summed E-state index contributed by atoms with van der Waals surface area (Å²) < 4.78 is 22.2. The number of carbonyl (C=O) groups is 5. The number of aliphatic hydroxyl groups is 3. The number of fused-ring (bicyclic) bond motifs is 5. The van der Waals surface area contributed by atoms with Gasteiger partial charge < -0.3 is 55.1 Å². The van der Waals surface area contributed by atoms with E-state index in [0.717, 1.165) is 19.3 Å². The molecule has 0 radical (unpaired) electrons. The molecule has 4 aliphatic rings. The number of phenols is 2. The Kier molecular flexibility index (Phi) is 11.4. The third kappa shape index (κ3) is 6.12. The number of phenolic OH excluding ortho intramolecular Hbond substituents is 2. The molecule has 0 spiro atoms. The number of halogens is 1. The molecule has 17 nitrogen and oxygen atoms in total. The second-order valence-electron chi connectivity index (χ2n) is 14.5. The van der Waals surface area contributed by atoms with Gasteiger partial charge >= 0.3 is 0 Å². The topological polar surface area (TPSA) is 260 Å². The van der Waals surface area contributed by atoms with Crippen molar-refractivity contribution in [1.29, 1.82) is 0 Å². The molecular weight excluding hydrogens is 782 g/mol. The molecule has 2 heterocycles. The maximum atomic E-state index is 14.9. The molecule has 3 aromatic rings. The van der Waals surface area contributed by atoms with Gasteiger partial charge in [-0.15, -0.1) is 12.4 Å². The highest BCUT2D eigenvalue weighted by atomic mass is 35.5. The Labute approximate surface area is 337 Å². The number of carbonyl (C=O) groups excluding carboxylic acids is 5. The van der Waals surface area contributed by atoms with Gasteiger partial charge in [0.05, 0.1) is 35.5 Å². The lowest BCUT2D eigenvalue weighted by Gasteiger charge is -2.53. The van der Waals surface area contributed by atoms with E-state index in [2.05, 4.69) is 15.6 Å². The van der Waals surface area contributed by atoms with Gasteiger partial charge in [-0.2, -0.15) is 0 Å². The third-order valence-corrected chi connectivity index (χ3v) is 11.5. The van der Waals surface area contributed by atoms with E-state index in [0.29, 0.717) is 11.1 Å². The van der Waals surface area contributed by atoms with E-state index in [9.17, 15) is 49.5 Å². The summed E-state index contributed by atoms with van der Waals surface area (Å²) in [6, 6.07) is 5.79. The number of allylic oxidation sites excluding steroid dienone is 2. The lowest BCUT2D eigenvalue weighted by atomic mass is 9.56. The van der Waals surface area contributed by atoms with Gasteiger partial charge in [-0.25, -0.2) is 0 Å². The predicted molar refractivity (Wildman–Crippen MR) is 202 cm³/mol. The first-order valence-corrected chi connectivity index (χ1v) is 18.0. The number of ketones is 4. The van der Waals surface area contributed by atoms with E-state index in [-0.39, 0.29) is 35.8 Å². The quantitative estimate of drug-likeness (QED) is 0.156. The number of aromatic nitrogens is 1. The summed E-state index contributed by atoms with van der Waals surface area (Å²) >= 11 is 0. The van der Waals surface area contributed by atoms with Crippen LogP contribution >= 0.6 is 12.4 Å². The van der Waals surface area contributed by atoms with Gasteiger partial charge in [-0.1, -0.05) is 12.1 Å². The summed E-state index contributed by atoms with van der Waals surface area (Å²) in [6.07, 6.45) is -3.79. The molecule has 1 aliphatic heterocycles. The Morgan fingerprint density at radius 2 is 1.71 bits per heavy atom. The number of aliphatic hydroxyl groups excluding tert-OH is 2. The minimum absolute atomic E-state index is 0. The summed E-state index contributed by atoms with van der Waals surface area (Å²) in [4.78, 5) is 74.4. The molecule has 1 saturated heterocycles. The fourth-order valence-electron chi connectivity index (χ4n) is 8.68. The Bertz CT molecular complexity index is 2270. The van der Waals surface area contributed by atoms with E-state index in [1.54, 1.807) is 38.4 Å². The van der Waals surface area contributed by atoms with Crippen LogP contribution in [-0.4, -0.2) is 123 Å². The van der Waals surface area contributed by atoms with Crippen molar-refractivity contribution in [3.8, 4) is 11.5 Å². The summed E-state index contributed by atoms with van der Waals surface area (Å²) in [6.45, 7) is 3.31. The number of hydrogen-bond acceptors (Lipinski definition) is 16.